The molecule has 1 rings (SSSR count). The van der Waals surface area contributed by atoms with E-state index in [-0.39, 0.29) is 36.8 Å². The second-order valence-corrected chi connectivity index (χ2v) is 5.18. The van der Waals surface area contributed by atoms with Gasteiger partial charge in [-0.15, -0.1) is 23.7 Å². The first kappa shape index (κ1) is 17.9. The molecule has 5 nitrogen and oxygen atoms in total. The molecule has 1 unspecified atom stereocenters. The van der Waals surface area contributed by atoms with E-state index in [1.807, 2.05) is 18.4 Å². The molecule has 7 heteroatoms. The van der Waals surface area contributed by atoms with Gasteiger partial charge in [0.1, 0.15) is 0 Å². The van der Waals surface area contributed by atoms with Gasteiger partial charge in [-0.3, -0.25) is 9.59 Å². The van der Waals surface area contributed by atoms with Crippen molar-refractivity contribution in [1.29, 1.82) is 0 Å². The molecule has 0 aliphatic heterocycles. The molecule has 1 heterocycles. The second kappa shape index (κ2) is 8.14. The van der Waals surface area contributed by atoms with Crippen LogP contribution in [-0.4, -0.2) is 54.8 Å². The third kappa shape index (κ3) is 4.81. The van der Waals surface area contributed by atoms with E-state index in [9.17, 15) is 9.59 Å². The van der Waals surface area contributed by atoms with Crippen molar-refractivity contribution in [3.8, 4) is 0 Å². The maximum Gasteiger partial charge on any atom is 0.264 e. The quantitative estimate of drug-likeness (QED) is 0.884. The zero-order chi connectivity index (χ0) is 13.7. The molecule has 0 spiro atoms. The van der Waals surface area contributed by atoms with Crippen LogP contribution in [0.25, 0.3) is 0 Å². The lowest BCUT2D eigenvalue weighted by atomic mass is 10.3. The number of carbonyl (C=O) groups is 2. The van der Waals surface area contributed by atoms with Gasteiger partial charge in [0.15, 0.2) is 0 Å². The minimum atomic E-state index is -0.132. The minimum Gasteiger partial charge on any atom is -0.340 e. The molecule has 0 aliphatic carbocycles. The standard InChI is InChI=1S/C12H19N3O2S.ClH/c1-9(7-13)15(3)11(16)8-14(2)12(17)10-5-4-6-18-10;/h4-6,9H,7-8,13H2,1-3H3;1H. The first-order chi connectivity index (χ1) is 8.47. The van der Waals surface area contributed by atoms with Crippen LogP contribution >= 0.6 is 23.7 Å². The van der Waals surface area contributed by atoms with Crippen molar-refractivity contribution in [2.24, 2.45) is 5.73 Å². The lowest BCUT2D eigenvalue weighted by Crippen LogP contribution is -2.45. The highest BCUT2D eigenvalue weighted by Gasteiger charge is 2.20. The van der Waals surface area contributed by atoms with Gasteiger partial charge in [0.25, 0.3) is 5.91 Å². The summed E-state index contributed by atoms with van der Waals surface area (Å²) in [5.74, 6) is -0.243. The second-order valence-electron chi connectivity index (χ2n) is 4.23. The predicted octanol–water partition coefficient (Wildman–Crippen LogP) is 1.05. The summed E-state index contributed by atoms with van der Waals surface area (Å²) < 4.78 is 0. The summed E-state index contributed by atoms with van der Waals surface area (Å²) in [6, 6.07) is 3.54. The molecule has 108 valence electrons. The Bertz CT molecular complexity index is 411. The summed E-state index contributed by atoms with van der Waals surface area (Å²) in [6.07, 6.45) is 0. The Labute approximate surface area is 123 Å². The van der Waals surface area contributed by atoms with E-state index in [4.69, 9.17) is 5.73 Å². The van der Waals surface area contributed by atoms with E-state index in [1.165, 1.54) is 16.2 Å². The van der Waals surface area contributed by atoms with Gasteiger partial charge >= 0.3 is 0 Å². The molecule has 0 radical (unpaired) electrons. The fourth-order valence-electron chi connectivity index (χ4n) is 1.38. The maximum atomic E-state index is 11.9. The Balaban J connectivity index is 0.00000324. The van der Waals surface area contributed by atoms with Crippen molar-refractivity contribution in [3.05, 3.63) is 22.4 Å². The summed E-state index contributed by atoms with van der Waals surface area (Å²) in [6.45, 7) is 2.35. The van der Waals surface area contributed by atoms with E-state index in [1.54, 1.807) is 25.1 Å². The zero-order valence-corrected chi connectivity index (χ0v) is 13.0. The van der Waals surface area contributed by atoms with Crippen LogP contribution in [0.1, 0.15) is 16.6 Å². The Morgan fingerprint density at radius 2 is 2.05 bits per heavy atom. The summed E-state index contributed by atoms with van der Waals surface area (Å²) in [5.41, 5.74) is 5.51. The lowest BCUT2D eigenvalue weighted by Gasteiger charge is -2.26. The monoisotopic (exact) mass is 305 g/mol. The molecule has 0 saturated heterocycles. The summed E-state index contributed by atoms with van der Waals surface area (Å²) >= 11 is 1.37. The van der Waals surface area contributed by atoms with Gasteiger partial charge in [0.05, 0.1) is 11.4 Å². The van der Waals surface area contributed by atoms with Crippen LogP contribution < -0.4 is 5.73 Å². The van der Waals surface area contributed by atoms with E-state index in [0.29, 0.717) is 11.4 Å². The van der Waals surface area contributed by atoms with Crippen molar-refractivity contribution in [2.45, 2.75) is 13.0 Å². The number of hydrogen-bond donors (Lipinski definition) is 1. The van der Waals surface area contributed by atoms with Crippen LogP contribution in [0.15, 0.2) is 17.5 Å². The van der Waals surface area contributed by atoms with Crippen LogP contribution in [-0.2, 0) is 4.79 Å². The Morgan fingerprint density at radius 1 is 1.42 bits per heavy atom. The lowest BCUT2D eigenvalue weighted by molar-refractivity contribution is -0.131. The number of amides is 2. The number of carbonyl (C=O) groups excluding carboxylic acids is 2. The highest BCUT2D eigenvalue weighted by molar-refractivity contribution is 7.12. The third-order valence-electron chi connectivity index (χ3n) is 2.85. The smallest absolute Gasteiger partial charge is 0.264 e. The molecule has 19 heavy (non-hydrogen) atoms. The molecule has 0 fully saturated rings. The Kier molecular flexibility index (Phi) is 7.66. The molecule has 1 aromatic rings. The summed E-state index contributed by atoms with van der Waals surface area (Å²) in [5, 5.41) is 1.84. The van der Waals surface area contributed by atoms with Gasteiger partial charge in [-0.1, -0.05) is 6.07 Å². The van der Waals surface area contributed by atoms with E-state index >= 15 is 0 Å². The van der Waals surface area contributed by atoms with Crippen molar-refractivity contribution in [2.75, 3.05) is 27.2 Å². The molecular formula is C12H20ClN3O2S. The van der Waals surface area contributed by atoms with Gasteiger partial charge in [-0.2, -0.15) is 0 Å². The minimum absolute atomic E-state index is 0. The molecule has 2 N–H and O–H groups in total. The van der Waals surface area contributed by atoms with Gasteiger partial charge in [-0.25, -0.2) is 0 Å². The largest absolute Gasteiger partial charge is 0.340 e. The van der Waals surface area contributed by atoms with Crippen LogP contribution in [0.2, 0.25) is 0 Å². The van der Waals surface area contributed by atoms with Gasteiger partial charge in [-0.05, 0) is 18.4 Å². The Hall–Kier alpha value is -1.11. The molecular weight excluding hydrogens is 286 g/mol. The number of likely N-dealkylation sites (N-methyl/N-ethyl adjacent to an activating group) is 2. The van der Waals surface area contributed by atoms with E-state index in [2.05, 4.69) is 0 Å². The topological polar surface area (TPSA) is 66.6 Å². The van der Waals surface area contributed by atoms with Crippen molar-refractivity contribution >= 4 is 35.6 Å². The molecule has 0 aromatic carbocycles. The third-order valence-corrected chi connectivity index (χ3v) is 3.70. The maximum absolute atomic E-state index is 11.9. The van der Waals surface area contributed by atoms with Crippen LogP contribution in [0.4, 0.5) is 0 Å². The zero-order valence-electron chi connectivity index (χ0n) is 11.3. The SMILES string of the molecule is CC(CN)N(C)C(=O)CN(C)C(=O)c1cccs1.Cl. The Morgan fingerprint density at radius 3 is 2.53 bits per heavy atom. The molecule has 1 aromatic heterocycles. The number of nitrogens with two attached hydrogens (primary N) is 1. The van der Waals surface area contributed by atoms with E-state index in [0.717, 1.165) is 0 Å². The summed E-state index contributed by atoms with van der Waals surface area (Å²) in [4.78, 5) is 27.5. The van der Waals surface area contributed by atoms with Crippen molar-refractivity contribution in [3.63, 3.8) is 0 Å². The highest BCUT2D eigenvalue weighted by atomic mass is 35.5. The van der Waals surface area contributed by atoms with Gasteiger partial charge < -0.3 is 15.5 Å². The molecule has 2 amide bonds. The van der Waals surface area contributed by atoms with Crippen molar-refractivity contribution in [1.82, 2.24) is 9.80 Å². The average Bonchev–Trinajstić information content (AvgIpc) is 2.89. The normalized spacial score (nSPS) is 11.4. The number of hydrogen-bond acceptors (Lipinski definition) is 4. The van der Waals surface area contributed by atoms with Crippen LogP contribution in [0.3, 0.4) is 0 Å². The average molecular weight is 306 g/mol. The number of thiophene rings is 1. The number of nitrogens with zero attached hydrogens (tertiary/aromatic N) is 2. The predicted molar refractivity (Wildman–Crippen MR) is 79.8 cm³/mol. The van der Waals surface area contributed by atoms with Crippen LogP contribution in [0.5, 0.6) is 0 Å². The first-order valence-corrected chi connectivity index (χ1v) is 6.60. The first-order valence-electron chi connectivity index (χ1n) is 5.72. The summed E-state index contributed by atoms with van der Waals surface area (Å²) in [7, 11) is 3.32. The number of halogens is 1. The molecule has 0 saturated carbocycles. The number of rotatable bonds is 5. The van der Waals surface area contributed by atoms with E-state index < -0.39 is 0 Å². The van der Waals surface area contributed by atoms with Crippen LogP contribution in [0, 0.1) is 0 Å². The highest BCUT2D eigenvalue weighted by Crippen LogP contribution is 2.11. The molecule has 0 bridgehead atoms. The van der Waals surface area contributed by atoms with Gasteiger partial charge in [0.2, 0.25) is 5.91 Å². The van der Waals surface area contributed by atoms with Crippen molar-refractivity contribution < 1.29 is 9.59 Å². The fraction of sp³-hybridized carbons (Fsp3) is 0.500. The molecule has 0 aliphatic rings. The fourth-order valence-corrected chi connectivity index (χ4v) is 2.10. The van der Waals surface area contributed by atoms with Gasteiger partial charge in [0, 0.05) is 26.7 Å². The molecule has 1 atom stereocenters.